The molecule has 0 fully saturated rings. The number of ether oxygens (including phenoxy) is 2. The Balaban J connectivity index is 1.80. The van der Waals surface area contributed by atoms with Gasteiger partial charge in [-0.05, 0) is 51.8 Å². The van der Waals surface area contributed by atoms with Crippen LogP contribution < -0.4 is 9.47 Å². The Kier molecular flexibility index (Phi) is 6.96. The maximum Gasteiger partial charge on any atom is 0.311 e. The zero-order chi connectivity index (χ0) is 21.7. The predicted octanol–water partition coefficient (Wildman–Crippen LogP) is 6.04. The number of benzene rings is 2. The SMILES string of the molecule is COc1ccc(/C=C/C(=O)c2cc(Br)cs2)cc1COc1cc(F)ccc1[N+](=O)[O-]. The number of thiophene rings is 1. The Morgan fingerprint density at radius 1 is 1.23 bits per heavy atom. The van der Waals surface area contributed by atoms with Gasteiger partial charge in [-0.1, -0.05) is 12.1 Å². The molecule has 0 N–H and O–H groups in total. The first-order chi connectivity index (χ1) is 14.4. The average molecular weight is 492 g/mol. The van der Waals surface area contributed by atoms with Crippen LogP contribution in [0.2, 0.25) is 0 Å². The highest BCUT2D eigenvalue weighted by Gasteiger charge is 2.17. The fraction of sp³-hybridized carbons (Fsp3) is 0.0952. The standard InChI is InChI=1S/C21H15BrFNO5S/c1-28-19-7-3-13(2-6-18(25)21-9-15(22)12-30-21)8-14(19)11-29-20-10-16(23)4-5-17(20)24(26)27/h2-10,12H,11H2,1H3/b6-2+. The largest absolute Gasteiger partial charge is 0.496 e. The molecule has 0 spiro atoms. The number of nitrogens with zero attached hydrogens (tertiary/aromatic N) is 1. The van der Waals surface area contributed by atoms with E-state index in [1.54, 1.807) is 30.3 Å². The maximum absolute atomic E-state index is 13.5. The van der Waals surface area contributed by atoms with Crippen molar-refractivity contribution in [1.82, 2.24) is 0 Å². The van der Waals surface area contributed by atoms with Crippen LogP contribution in [-0.4, -0.2) is 17.8 Å². The van der Waals surface area contributed by atoms with Gasteiger partial charge in [0.05, 0.1) is 16.9 Å². The average Bonchev–Trinajstić information content (AvgIpc) is 3.16. The van der Waals surface area contributed by atoms with Crippen LogP contribution in [0.25, 0.3) is 6.08 Å². The van der Waals surface area contributed by atoms with Crippen LogP contribution in [0.3, 0.4) is 0 Å². The molecule has 1 heterocycles. The number of halogens is 2. The minimum absolute atomic E-state index is 0.0824. The van der Waals surface area contributed by atoms with Gasteiger partial charge in [-0.3, -0.25) is 14.9 Å². The van der Waals surface area contributed by atoms with Crippen molar-refractivity contribution >= 4 is 44.8 Å². The molecule has 3 aromatic rings. The van der Waals surface area contributed by atoms with Crippen molar-refractivity contribution in [3.8, 4) is 11.5 Å². The van der Waals surface area contributed by atoms with E-state index < -0.39 is 10.7 Å². The van der Waals surface area contributed by atoms with Crippen molar-refractivity contribution in [2.45, 2.75) is 6.61 Å². The van der Waals surface area contributed by atoms with Gasteiger partial charge in [0.2, 0.25) is 0 Å². The summed E-state index contributed by atoms with van der Waals surface area (Å²) >= 11 is 4.66. The van der Waals surface area contributed by atoms with Crippen LogP contribution in [0.1, 0.15) is 20.8 Å². The lowest BCUT2D eigenvalue weighted by Gasteiger charge is -2.11. The smallest absolute Gasteiger partial charge is 0.311 e. The zero-order valence-electron chi connectivity index (χ0n) is 15.6. The number of carbonyl (C=O) groups is 1. The van der Waals surface area contributed by atoms with Crippen LogP contribution in [0.15, 0.2) is 58.4 Å². The molecule has 2 aromatic carbocycles. The molecule has 0 bridgehead atoms. The van der Waals surface area contributed by atoms with Crippen molar-refractivity contribution in [1.29, 1.82) is 0 Å². The molecule has 3 rings (SSSR count). The molecule has 1 aromatic heterocycles. The van der Waals surface area contributed by atoms with E-state index in [9.17, 15) is 19.3 Å². The number of nitro groups is 1. The zero-order valence-corrected chi connectivity index (χ0v) is 18.0. The summed E-state index contributed by atoms with van der Waals surface area (Å²) in [5, 5.41) is 13.0. The van der Waals surface area contributed by atoms with E-state index in [0.717, 1.165) is 22.7 Å². The quantitative estimate of drug-likeness (QED) is 0.166. The number of hydrogen-bond acceptors (Lipinski definition) is 6. The highest BCUT2D eigenvalue weighted by Crippen LogP contribution is 2.30. The Hall–Kier alpha value is -3.04. The van der Waals surface area contributed by atoms with Crippen LogP contribution in [0, 0.1) is 15.9 Å². The van der Waals surface area contributed by atoms with Gasteiger partial charge < -0.3 is 9.47 Å². The number of allylic oxidation sites excluding steroid dienone is 1. The van der Waals surface area contributed by atoms with E-state index in [0.29, 0.717) is 21.8 Å². The predicted molar refractivity (Wildman–Crippen MR) is 116 cm³/mol. The topological polar surface area (TPSA) is 78.7 Å². The van der Waals surface area contributed by atoms with Crippen molar-refractivity contribution in [2.24, 2.45) is 0 Å². The molecule has 0 atom stereocenters. The fourth-order valence-electron chi connectivity index (χ4n) is 2.62. The molecule has 30 heavy (non-hydrogen) atoms. The number of methoxy groups -OCH3 is 1. The number of nitro benzene ring substituents is 1. The minimum Gasteiger partial charge on any atom is -0.496 e. The molecule has 154 valence electrons. The number of ketones is 1. The third-order valence-electron chi connectivity index (χ3n) is 4.04. The Morgan fingerprint density at radius 2 is 2.03 bits per heavy atom. The van der Waals surface area contributed by atoms with Gasteiger partial charge in [0.1, 0.15) is 18.2 Å². The van der Waals surface area contributed by atoms with Crippen LogP contribution in [0.5, 0.6) is 11.5 Å². The number of carbonyl (C=O) groups excluding carboxylic acids is 1. The molecule has 0 aliphatic carbocycles. The molecule has 0 aliphatic heterocycles. The molecular weight excluding hydrogens is 477 g/mol. The molecule has 0 amide bonds. The number of hydrogen-bond donors (Lipinski definition) is 0. The van der Waals surface area contributed by atoms with Gasteiger partial charge in [-0.2, -0.15) is 0 Å². The second-order valence-corrected chi connectivity index (χ2v) is 7.88. The monoisotopic (exact) mass is 491 g/mol. The van der Waals surface area contributed by atoms with Gasteiger partial charge >= 0.3 is 5.69 Å². The summed E-state index contributed by atoms with van der Waals surface area (Å²) in [6, 6.07) is 9.96. The first kappa shape index (κ1) is 21.7. The van der Waals surface area contributed by atoms with Crippen molar-refractivity contribution in [3.63, 3.8) is 0 Å². The van der Waals surface area contributed by atoms with E-state index >= 15 is 0 Å². The number of rotatable bonds is 8. The summed E-state index contributed by atoms with van der Waals surface area (Å²) in [5.41, 5.74) is 0.968. The van der Waals surface area contributed by atoms with E-state index in [1.807, 2.05) is 5.38 Å². The Bertz CT molecular complexity index is 1130. The third-order valence-corrected chi connectivity index (χ3v) is 5.75. The lowest BCUT2D eigenvalue weighted by Crippen LogP contribution is -2.02. The molecule has 9 heteroatoms. The summed E-state index contributed by atoms with van der Waals surface area (Å²) < 4.78 is 25.1. The maximum atomic E-state index is 13.5. The lowest BCUT2D eigenvalue weighted by atomic mass is 10.1. The van der Waals surface area contributed by atoms with Crippen LogP contribution in [-0.2, 0) is 6.61 Å². The van der Waals surface area contributed by atoms with Crippen molar-refractivity contribution in [3.05, 3.63) is 90.3 Å². The fourth-order valence-corrected chi connectivity index (χ4v) is 3.97. The summed E-state index contributed by atoms with van der Waals surface area (Å²) in [6.07, 6.45) is 3.12. The van der Waals surface area contributed by atoms with Gasteiger partial charge in [0, 0.05) is 27.5 Å². The summed E-state index contributed by atoms with van der Waals surface area (Å²) in [5.74, 6) is -0.450. The molecule has 6 nitrogen and oxygen atoms in total. The summed E-state index contributed by atoms with van der Waals surface area (Å²) in [6.45, 7) is -0.0824. The van der Waals surface area contributed by atoms with Crippen LogP contribution >= 0.6 is 27.3 Å². The highest BCUT2D eigenvalue weighted by molar-refractivity contribution is 9.10. The van der Waals surface area contributed by atoms with Gasteiger partial charge in [0.25, 0.3) is 0 Å². The Morgan fingerprint density at radius 3 is 2.70 bits per heavy atom. The first-order valence-electron chi connectivity index (χ1n) is 8.57. The minimum atomic E-state index is -0.641. The normalized spacial score (nSPS) is 10.9. The van der Waals surface area contributed by atoms with E-state index in [-0.39, 0.29) is 23.8 Å². The van der Waals surface area contributed by atoms with E-state index in [1.165, 1.54) is 24.5 Å². The second kappa shape index (κ2) is 9.64. The highest BCUT2D eigenvalue weighted by atomic mass is 79.9. The molecular formula is C21H15BrFNO5S. The second-order valence-electron chi connectivity index (χ2n) is 6.06. The van der Waals surface area contributed by atoms with Gasteiger partial charge in [-0.25, -0.2) is 4.39 Å². The van der Waals surface area contributed by atoms with Crippen molar-refractivity contribution < 1.29 is 23.6 Å². The van der Waals surface area contributed by atoms with Crippen LogP contribution in [0.4, 0.5) is 10.1 Å². The summed E-state index contributed by atoms with van der Waals surface area (Å²) in [7, 11) is 1.48. The molecule has 0 aliphatic rings. The molecule has 0 saturated carbocycles. The Labute approximate surface area is 183 Å². The van der Waals surface area contributed by atoms with E-state index in [4.69, 9.17) is 9.47 Å². The molecule has 0 saturated heterocycles. The van der Waals surface area contributed by atoms with Crippen molar-refractivity contribution in [2.75, 3.05) is 7.11 Å². The lowest BCUT2D eigenvalue weighted by molar-refractivity contribution is -0.386. The third kappa shape index (κ3) is 5.31. The molecule has 0 unspecified atom stereocenters. The van der Waals surface area contributed by atoms with Gasteiger partial charge in [0.15, 0.2) is 11.5 Å². The van der Waals surface area contributed by atoms with Gasteiger partial charge in [-0.15, -0.1) is 11.3 Å². The molecule has 0 radical (unpaired) electrons. The van der Waals surface area contributed by atoms with E-state index in [2.05, 4.69) is 15.9 Å². The summed E-state index contributed by atoms with van der Waals surface area (Å²) in [4.78, 5) is 23.3. The first-order valence-corrected chi connectivity index (χ1v) is 10.2.